The highest BCUT2D eigenvalue weighted by molar-refractivity contribution is 6.84. The summed E-state index contributed by atoms with van der Waals surface area (Å²) < 4.78 is 12.6. The predicted molar refractivity (Wildman–Crippen MR) is 189 cm³/mol. The molecule has 0 radical (unpaired) electrons. The maximum atomic E-state index is 6.30. The van der Waals surface area contributed by atoms with Gasteiger partial charge in [-0.3, -0.25) is 0 Å². The third-order valence-electron chi connectivity index (χ3n) is 10.0. The Morgan fingerprint density at radius 2 is 0.911 bits per heavy atom. The lowest BCUT2D eigenvalue weighted by Gasteiger charge is -2.39. The zero-order valence-corrected chi connectivity index (χ0v) is 27.2. The van der Waals surface area contributed by atoms with Crippen LogP contribution in [0.2, 0.25) is 13.1 Å². The number of benzene rings is 4. The van der Waals surface area contributed by atoms with Gasteiger partial charge in [-0.25, -0.2) is 0 Å². The Bertz CT molecular complexity index is 1960. The Balaban J connectivity index is 1.36. The molecule has 0 N–H and O–H groups in total. The van der Waals surface area contributed by atoms with Crippen LogP contribution in [0.1, 0.15) is 56.0 Å². The van der Waals surface area contributed by atoms with Crippen LogP contribution in [-0.4, -0.2) is 8.07 Å². The zero-order valence-electron chi connectivity index (χ0n) is 26.2. The third-order valence-corrected chi connectivity index (χ3v) is 14.2. The quantitative estimate of drug-likeness (QED) is 0.178. The van der Waals surface area contributed by atoms with Crippen molar-refractivity contribution in [1.82, 2.24) is 0 Å². The van der Waals surface area contributed by atoms with Crippen molar-refractivity contribution in [2.45, 2.75) is 38.0 Å². The second-order valence-corrected chi connectivity index (χ2v) is 17.9. The van der Waals surface area contributed by atoms with E-state index in [1.54, 1.807) is 0 Å². The van der Waals surface area contributed by atoms with Gasteiger partial charge in [0, 0.05) is 22.2 Å². The molecule has 220 valence electrons. The van der Waals surface area contributed by atoms with E-state index in [4.69, 9.17) is 8.83 Å². The van der Waals surface area contributed by atoms with Gasteiger partial charge in [0.2, 0.25) is 0 Å². The van der Waals surface area contributed by atoms with Crippen LogP contribution in [0.15, 0.2) is 131 Å². The Labute approximate surface area is 266 Å². The van der Waals surface area contributed by atoms with Gasteiger partial charge in [-0.05, 0) is 93.8 Å². The van der Waals surface area contributed by atoms with Crippen molar-refractivity contribution in [3.8, 4) is 22.3 Å². The molecule has 0 saturated heterocycles. The van der Waals surface area contributed by atoms with Crippen LogP contribution in [0.5, 0.6) is 0 Å². The molecule has 0 fully saturated rings. The molecule has 0 saturated carbocycles. The zero-order chi connectivity index (χ0) is 30.7. The van der Waals surface area contributed by atoms with Crippen LogP contribution in [0.3, 0.4) is 0 Å². The first-order valence-electron chi connectivity index (χ1n) is 15.8. The highest BCUT2D eigenvalue weighted by Crippen LogP contribution is 2.58. The van der Waals surface area contributed by atoms with Crippen molar-refractivity contribution in [1.29, 1.82) is 0 Å². The molecule has 4 aromatic carbocycles. The minimum absolute atomic E-state index is 0.219. The molecule has 0 amide bonds. The molecule has 6 aromatic rings. The van der Waals surface area contributed by atoms with Crippen molar-refractivity contribution < 1.29 is 8.83 Å². The first-order valence-corrected chi connectivity index (χ1v) is 19.0. The summed E-state index contributed by atoms with van der Waals surface area (Å²) in [7, 11) is -2.33. The largest absolute Gasteiger partial charge is 0.464 e. The molecule has 2 unspecified atom stereocenters. The molecular formula is C42H36O2Si. The van der Waals surface area contributed by atoms with Crippen molar-refractivity contribution in [3.05, 3.63) is 167 Å². The summed E-state index contributed by atoms with van der Waals surface area (Å²) in [5, 5.41) is 0. The van der Waals surface area contributed by atoms with Gasteiger partial charge in [0.05, 0.1) is 20.6 Å². The van der Waals surface area contributed by atoms with Crippen molar-refractivity contribution >= 4 is 31.4 Å². The Morgan fingerprint density at radius 3 is 1.29 bits per heavy atom. The molecule has 2 aliphatic carbocycles. The van der Waals surface area contributed by atoms with E-state index in [1.807, 2.05) is 12.5 Å². The van der Waals surface area contributed by atoms with Crippen molar-refractivity contribution in [2.75, 3.05) is 0 Å². The number of furan rings is 2. The molecular weight excluding hydrogens is 565 g/mol. The van der Waals surface area contributed by atoms with Gasteiger partial charge < -0.3 is 8.83 Å². The van der Waals surface area contributed by atoms with Crippen molar-refractivity contribution in [3.63, 3.8) is 0 Å². The number of rotatable bonds is 6. The lowest BCUT2D eigenvalue weighted by Crippen LogP contribution is -2.42. The van der Waals surface area contributed by atoms with Gasteiger partial charge >= 0.3 is 0 Å². The molecule has 2 atom stereocenters. The van der Waals surface area contributed by atoms with E-state index in [0.29, 0.717) is 0 Å². The van der Waals surface area contributed by atoms with E-state index in [-0.39, 0.29) is 11.1 Å². The van der Waals surface area contributed by atoms with E-state index in [2.05, 4.69) is 148 Å². The summed E-state index contributed by atoms with van der Waals surface area (Å²) in [5.74, 6) is 2.01. The Kier molecular flexibility index (Phi) is 6.54. The molecule has 0 spiro atoms. The second-order valence-electron chi connectivity index (χ2n) is 13.1. The first-order chi connectivity index (χ1) is 21.9. The number of hydrogen-bond acceptors (Lipinski definition) is 2. The Hall–Kier alpha value is -4.86. The van der Waals surface area contributed by atoms with Crippen LogP contribution in [0, 0.1) is 13.8 Å². The molecule has 2 nitrogen and oxygen atoms in total. The average Bonchev–Trinajstić information content (AvgIpc) is 3.85. The fourth-order valence-corrected chi connectivity index (χ4v) is 12.5. The number of aryl methyl sites for hydroxylation is 2. The molecule has 0 bridgehead atoms. The molecule has 2 aliphatic rings. The molecule has 8 rings (SSSR count). The van der Waals surface area contributed by atoms with E-state index in [9.17, 15) is 0 Å². The lowest BCUT2D eigenvalue weighted by atomic mass is 9.97. The SMILES string of the molecule is Cc1ccoc1C1=Cc2c(-c3ccccc3)cccc2C1[Si](C)(C)C1C(c2occc2C)=Cc2c(-c3ccccc3)cccc21. The fraction of sp³-hybridized carbons (Fsp3) is 0.143. The maximum absolute atomic E-state index is 6.30. The average molecular weight is 601 g/mol. The van der Waals surface area contributed by atoms with Crippen LogP contribution < -0.4 is 0 Å². The van der Waals surface area contributed by atoms with Crippen LogP contribution in [-0.2, 0) is 0 Å². The van der Waals surface area contributed by atoms with Gasteiger partial charge in [0.1, 0.15) is 11.5 Å². The predicted octanol–water partition coefficient (Wildman–Crippen LogP) is 11.6. The summed E-state index contributed by atoms with van der Waals surface area (Å²) in [5.41, 5.74) is 15.9. The smallest absolute Gasteiger partial charge is 0.133 e. The summed E-state index contributed by atoms with van der Waals surface area (Å²) >= 11 is 0. The standard InChI is InChI=1S/C42H36O2Si/c1-27-21-23-43-39(27)37-25-35-31(29-13-7-5-8-14-29)17-11-19-33(35)41(37)45(3,4)42-34-20-12-18-32(30-15-9-6-10-16-30)36(34)26-38(42)40-28(2)22-24-44-40/h5-26,41-42H,1-4H3. The minimum atomic E-state index is -2.33. The van der Waals surface area contributed by atoms with Gasteiger partial charge in [0.15, 0.2) is 0 Å². The first kappa shape index (κ1) is 27.7. The number of fused-ring (bicyclic) bond motifs is 2. The highest BCUT2D eigenvalue weighted by Gasteiger charge is 2.50. The van der Waals surface area contributed by atoms with Gasteiger partial charge in [0.25, 0.3) is 0 Å². The maximum Gasteiger partial charge on any atom is 0.133 e. The molecule has 45 heavy (non-hydrogen) atoms. The number of allylic oxidation sites excluding steroid dienone is 2. The summed E-state index contributed by atoms with van der Waals surface area (Å²) in [6.07, 6.45) is 8.54. The second kappa shape index (κ2) is 10.6. The lowest BCUT2D eigenvalue weighted by molar-refractivity contribution is 0.548. The van der Waals surface area contributed by atoms with E-state index in [0.717, 1.165) is 11.5 Å². The molecule has 3 heteroatoms. The van der Waals surface area contributed by atoms with Gasteiger partial charge in [-0.2, -0.15) is 0 Å². The summed E-state index contributed by atoms with van der Waals surface area (Å²) in [6, 6.07) is 39.5. The van der Waals surface area contributed by atoms with Crippen LogP contribution >= 0.6 is 0 Å². The third kappa shape index (κ3) is 4.37. The number of hydrogen-bond donors (Lipinski definition) is 0. The van der Waals surface area contributed by atoms with Gasteiger partial charge in [-0.15, -0.1) is 0 Å². The topological polar surface area (TPSA) is 26.3 Å². The molecule has 0 aliphatic heterocycles. The molecule has 2 heterocycles. The van der Waals surface area contributed by atoms with Crippen LogP contribution in [0.25, 0.3) is 45.6 Å². The van der Waals surface area contributed by atoms with Crippen molar-refractivity contribution in [2.24, 2.45) is 0 Å². The van der Waals surface area contributed by atoms with E-state index < -0.39 is 8.07 Å². The van der Waals surface area contributed by atoms with Gasteiger partial charge in [-0.1, -0.05) is 110 Å². The highest BCUT2D eigenvalue weighted by atomic mass is 28.3. The Morgan fingerprint density at radius 1 is 0.489 bits per heavy atom. The van der Waals surface area contributed by atoms with E-state index >= 15 is 0 Å². The van der Waals surface area contributed by atoms with Crippen LogP contribution in [0.4, 0.5) is 0 Å². The molecule has 2 aromatic heterocycles. The summed E-state index contributed by atoms with van der Waals surface area (Å²) in [4.78, 5) is 0. The van der Waals surface area contributed by atoms with E-state index in [1.165, 1.54) is 66.8 Å². The minimum Gasteiger partial charge on any atom is -0.464 e. The summed E-state index contributed by atoms with van der Waals surface area (Å²) in [6.45, 7) is 9.49. The monoisotopic (exact) mass is 600 g/mol. The normalized spacial score (nSPS) is 17.2. The fourth-order valence-electron chi connectivity index (χ4n) is 8.04.